The molecule has 2 heterocycles. The van der Waals surface area contributed by atoms with Crippen LogP contribution in [-0.4, -0.2) is 18.6 Å². The molecule has 0 amide bonds. The van der Waals surface area contributed by atoms with E-state index in [4.69, 9.17) is 4.52 Å². The number of thiophene rings is 1. The van der Waals surface area contributed by atoms with E-state index >= 15 is 0 Å². The van der Waals surface area contributed by atoms with E-state index in [0.29, 0.717) is 28.7 Å². The zero-order chi connectivity index (χ0) is 21.3. The van der Waals surface area contributed by atoms with Crippen LogP contribution < -0.4 is 4.72 Å². The molecule has 0 atom stereocenters. The fourth-order valence-corrected chi connectivity index (χ4v) is 5.65. The van der Waals surface area contributed by atoms with Gasteiger partial charge in [-0.05, 0) is 72.0 Å². The van der Waals surface area contributed by atoms with Gasteiger partial charge in [-0.15, -0.1) is 11.3 Å². The summed E-state index contributed by atoms with van der Waals surface area (Å²) in [5.41, 5.74) is 3.67. The van der Waals surface area contributed by atoms with E-state index in [9.17, 15) is 8.42 Å². The maximum Gasteiger partial charge on any atom is 0.261 e. The molecule has 8 heteroatoms. The quantitative estimate of drug-likeness (QED) is 0.442. The number of aromatic nitrogens is 2. The van der Waals surface area contributed by atoms with Crippen LogP contribution in [0.1, 0.15) is 35.4 Å². The van der Waals surface area contributed by atoms with Gasteiger partial charge in [0, 0.05) is 0 Å². The van der Waals surface area contributed by atoms with Crippen LogP contribution in [0.3, 0.4) is 0 Å². The average molecular weight is 452 g/mol. The highest BCUT2D eigenvalue weighted by Gasteiger charge is 2.20. The largest absolute Gasteiger partial charge is 0.339 e. The molecule has 0 saturated heterocycles. The van der Waals surface area contributed by atoms with Gasteiger partial charge in [0.2, 0.25) is 11.7 Å². The first kappa shape index (κ1) is 20.0. The van der Waals surface area contributed by atoms with Crippen LogP contribution in [0.2, 0.25) is 0 Å². The van der Waals surface area contributed by atoms with E-state index in [-0.39, 0.29) is 0 Å². The molecule has 0 bridgehead atoms. The average Bonchev–Trinajstić information content (AvgIpc) is 3.47. The Morgan fingerprint density at radius 2 is 1.84 bits per heavy atom. The van der Waals surface area contributed by atoms with Crippen molar-refractivity contribution < 1.29 is 12.9 Å². The van der Waals surface area contributed by atoms with Gasteiger partial charge in [-0.1, -0.05) is 35.5 Å². The van der Waals surface area contributed by atoms with Crippen molar-refractivity contribution in [3.05, 3.63) is 82.6 Å². The first-order valence-electron chi connectivity index (χ1n) is 10.2. The molecule has 2 aromatic heterocycles. The molecule has 2 aromatic carbocycles. The predicted molar refractivity (Wildman–Crippen MR) is 121 cm³/mol. The molecule has 31 heavy (non-hydrogen) atoms. The van der Waals surface area contributed by atoms with Gasteiger partial charge in [-0.3, -0.25) is 4.72 Å². The zero-order valence-corrected chi connectivity index (χ0v) is 18.4. The fourth-order valence-electron chi connectivity index (χ4n) is 3.85. The van der Waals surface area contributed by atoms with Crippen LogP contribution in [0.15, 0.2) is 69.4 Å². The summed E-state index contributed by atoms with van der Waals surface area (Å²) in [6.07, 6.45) is 4.54. The molecule has 4 aromatic rings. The third-order valence-electron chi connectivity index (χ3n) is 5.44. The van der Waals surface area contributed by atoms with Crippen molar-refractivity contribution in [3.63, 3.8) is 0 Å². The van der Waals surface area contributed by atoms with Crippen molar-refractivity contribution in [1.82, 2.24) is 10.1 Å². The Labute approximate surface area is 185 Å². The Morgan fingerprint density at radius 3 is 2.68 bits per heavy atom. The van der Waals surface area contributed by atoms with Gasteiger partial charge in [0.05, 0.1) is 21.9 Å². The minimum Gasteiger partial charge on any atom is -0.339 e. The summed E-state index contributed by atoms with van der Waals surface area (Å²) in [6.45, 7) is 0. The molecule has 1 aliphatic carbocycles. The van der Waals surface area contributed by atoms with Gasteiger partial charge in [0.15, 0.2) is 0 Å². The lowest BCUT2D eigenvalue weighted by Crippen LogP contribution is -2.15. The van der Waals surface area contributed by atoms with Crippen LogP contribution in [0.25, 0.3) is 10.7 Å². The van der Waals surface area contributed by atoms with Gasteiger partial charge in [0.25, 0.3) is 10.0 Å². The van der Waals surface area contributed by atoms with Crippen molar-refractivity contribution in [3.8, 4) is 10.7 Å². The summed E-state index contributed by atoms with van der Waals surface area (Å²) in [6, 6.07) is 16.6. The van der Waals surface area contributed by atoms with E-state index < -0.39 is 10.0 Å². The van der Waals surface area contributed by atoms with E-state index in [1.165, 1.54) is 16.9 Å². The number of nitrogens with one attached hydrogen (secondary N) is 1. The smallest absolute Gasteiger partial charge is 0.261 e. The highest BCUT2D eigenvalue weighted by atomic mass is 32.2. The molecule has 0 fully saturated rings. The second kappa shape index (κ2) is 8.28. The number of hydrogen-bond donors (Lipinski definition) is 1. The van der Waals surface area contributed by atoms with Gasteiger partial charge >= 0.3 is 0 Å². The third-order valence-corrected chi connectivity index (χ3v) is 7.67. The molecule has 5 rings (SSSR count). The Hall–Kier alpha value is -2.97. The van der Waals surface area contributed by atoms with Crippen LogP contribution in [0.5, 0.6) is 0 Å². The summed E-state index contributed by atoms with van der Waals surface area (Å²) in [4.78, 5) is 5.67. The molecular formula is C23H21N3O3S2. The van der Waals surface area contributed by atoms with Gasteiger partial charge in [0.1, 0.15) is 0 Å². The lowest BCUT2D eigenvalue weighted by atomic mass is 9.92. The van der Waals surface area contributed by atoms with Gasteiger partial charge in [-0.25, -0.2) is 8.42 Å². The maximum absolute atomic E-state index is 13.1. The standard InChI is InChI=1S/C23H21N3O3S2/c27-31(28,19-12-11-16-6-1-2-7-17(16)14-19)26-20-9-4-3-8-18(20)15-22-24-23(25-29-22)21-10-5-13-30-21/h3-5,8-14,26H,1-2,6-7,15H2. The monoisotopic (exact) mass is 451 g/mol. The number of para-hydroxylation sites is 1. The Kier molecular flexibility index (Phi) is 5.33. The molecule has 1 aliphatic rings. The molecule has 0 unspecified atom stereocenters. The topological polar surface area (TPSA) is 85.1 Å². The third kappa shape index (κ3) is 4.26. The second-order valence-electron chi connectivity index (χ2n) is 7.57. The molecule has 0 saturated carbocycles. The number of aryl methyl sites for hydroxylation is 2. The molecule has 0 spiro atoms. The van der Waals surface area contributed by atoms with Crippen molar-refractivity contribution >= 4 is 27.0 Å². The first-order chi connectivity index (χ1) is 15.1. The number of fused-ring (bicyclic) bond motifs is 1. The van der Waals surface area contributed by atoms with Crippen LogP contribution in [-0.2, 0) is 29.3 Å². The van der Waals surface area contributed by atoms with Crippen molar-refractivity contribution in [2.45, 2.75) is 37.0 Å². The second-order valence-corrected chi connectivity index (χ2v) is 10.2. The van der Waals surface area contributed by atoms with Crippen LogP contribution in [0.4, 0.5) is 5.69 Å². The molecule has 0 aliphatic heterocycles. The van der Waals surface area contributed by atoms with Crippen molar-refractivity contribution in [2.75, 3.05) is 4.72 Å². The molecule has 6 nitrogen and oxygen atoms in total. The summed E-state index contributed by atoms with van der Waals surface area (Å²) in [7, 11) is -3.71. The number of sulfonamides is 1. The number of anilines is 1. The van der Waals surface area contributed by atoms with E-state index in [1.54, 1.807) is 18.2 Å². The summed E-state index contributed by atoms with van der Waals surface area (Å²) < 4.78 is 34.3. The summed E-state index contributed by atoms with van der Waals surface area (Å²) >= 11 is 1.54. The Bertz CT molecular complexity index is 1310. The normalized spacial score (nSPS) is 13.7. The van der Waals surface area contributed by atoms with Gasteiger partial charge < -0.3 is 4.52 Å². The SMILES string of the molecule is O=S(=O)(Nc1ccccc1Cc1nc(-c2cccs2)no1)c1ccc2c(c1)CCCC2. The molecule has 158 valence electrons. The Morgan fingerprint density at radius 1 is 1.00 bits per heavy atom. The van der Waals surface area contributed by atoms with Crippen molar-refractivity contribution in [2.24, 2.45) is 0 Å². The van der Waals surface area contributed by atoms with Crippen molar-refractivity contribution in [1.29, 1.82) is 0 Å². The lowest BCUT2D eigenvalue weighted by Gasteiger charge is -2.17. The minimum absolute atomic E-state index is 0.292. The van der Waals surface area contributed by atoms with E-state index in [0.717, 1.165) is 41.7 Å². The highest BCUT2D eigenvalue weighted by Crippen LogP contribution is 2.27. The first-order valence-corrected chi connectivity index (χ1v) is 12.5. The molecular weight excluding hydrogens is 430 g/mol. The predicted octanol–water partition coefficient (Wildman–Crippen LogP) is 5.07. The van der Waals surface area contributed by atoms with E-state index in [2.05, 4.69) is 14.9 Å². The number of rotatable bonds is 6. The van der Waals surface area contributed by atoms with Crippen LogP contribution >= 0.6 is 11.3 Å². The number of nitrogens with zero attached hydrogens (tertiary/aromatic N) is 2. The summed E-state index contributed by atoms with van der Waals surface area (Å²) in [5.74, 6) is 0.973. The fraction of sp³-hybridized carbons (Fsp3) is 0.217. The highest BCUT2D eigenvalue weighted by molar-refractivity contribution is 7.92. The van der Waals surface area contributed by atoms with Gasteiger partial charge in [-0.2, -0.15) is 4.98 Å². The number of benzene rings is 2. The van der Waals surface area contributed by atoms with E-state index in [1.807, 2.05) is 41.8 Å². The molecule has 1 N–H and O–H groups in total. The minimum atomic E-state index is -3.71. The zero-order valence-electron chi connectivity index (χ0n) is 16.7. The number of hydrogen-bond acceptors (Lipinski definition) is 6. The molecule has 0 radical (unpaired) electrons. The summed E-state index contributed by atoms with van der Waals surface area (Å²) in [5, 5.41) is 5.99. The lowest BCUT2D eigenvalue weighted by molar-refractivity contribution is 0.386. The maximum atomic E-state index is 13.1. The Balaban J connectivity index is 1.39. The van der Waals surface area contributed by atoms with Crippen LogP contribution in [0, 0.1) is 0 Å².